The molecule has 1 aliphatic rings. The van der Waals surface area contributed by atoms with E-state index in [1.807, 2.05) is 29.2 Å². The van der Waals surface area contributed by atoms with E-state index in [1.54, 1.807) is 30.4 Å². The highest BCUT2D eigenvalue weighted by Crippen LogP contribution is 2.26. The monoisotopic (exact) mass is 377 g/mol. The minimum Gasteiger partial charge on any atom is -0.504 e. The van der Waals surface area contributed by atoms with Gasteiger partial charge in [0.1, 0.15) is 0 Å². The number of hydrogen-bond donors (Lipinski definition) is 1. The third kappa shape index (κ3) is 4.90. The van der Waals surface area contributed by atoms with Crippen molar-refractivity contribution in [2.24, 2.45) is 0 Å². The van der Waals surface area contributed by atoms with E-state index in [9.17, 15) is 9.90 Å². The number of aromatic hydroxyl groups is 1. The zero-order valence-corrected chi connectivity index (χ0v) is 15.8. The van der Waals surface area contributed by atoms with Crippen LogP contribution in [0.3, 0.4) is 0 Å². The SMILES string of the molecule is COc1cc(/C=C/C(=O)N2CCN(Cc3ccc(C#N)cc3)CC2)ccc1O. The van der Waals surface area contributed by atoms with Crippen LogP contribution in [-0.2, 0) is 11.3 Å². The maximum Gasteiger partial charge on any atom is 0.246 e. The van der Waals surface area contributed by atoms with Gasteiger partial charge in [-0.2, -0.15) is 5.26 Å². The number of phenolic OH excluding ortho intramolecular Hbond substituents is 1. The third-order valence-corrected chi connectivity index (χ3v) is 4.80. The van der Waals surface area contributed by atoms with Crippen molar-refractivity contribution in [1.82, 2.24) is 9.80 Å². The Labute approximate surface area is 164 Å². The largest absolute Gasteiger partial charge is 0.504 e. The first-order valence-corrected chi connectivity index (χ1v) is 9.14. The molecule has 6 nitrogen and oxygen atoms in total. The molecule has 1 fully saturated rings. The normalized spacial score (nSPS) is 14.8. The molecule has 0 saturated carbocycles. The molecule has 0 aliphatic carbocycles. The third-order valence-electron chi connectivity index (χ3n) is 4.80. The van der Waals surface area contributed by atoms with Gasteiger partial charge in [-0.1, -0.05) is 18.2 Å². The number of piperazine rings is 1. The lowest BCUT2D eigenvalue weighted by atomic mass is 10.1. The Morgan fingerprint density at radius 3 is 2.54 bits per heavy atom. The van der Waals surface area contributed by atoms with Crippen molar-refractivity contribution in [3.05, 3.63) is 65.2 Å². The average Bonchev–Trinajstić information content (AvgIpc) is 2.74. The molecule has 1 saturated heterocycles. The lowest BCUT2D eigenvalue weighted by Crippen LogP contribution is -2.47. The molecule has 0 aromatic heterocycles. The summed E-state index contributed by atoms with van der Waals surface area (Å²) in [6.07, 6.45) is 3.29. The first-order valence-electron chi connectivity index (χ1n) is 9.14. The Balaban J connectivity index is 1.51. The van der Waals surface area contributed by atoms with E-state index in [0.717, 1.165) is 25.2 Å². The van der Waals surface area contributed by atoms with Crippen LogP contribution in [0.1, 0.15) is 16.7 Å². The second-order valence-electron chi connectivity index (χ2n) is 6.67. The van der Waals surface area contributed by atoms with Crippen LogP contribution >= 0.6 is 0 Å². The number of carbonyl (C=O) groups is 1. The quantitative estimate of drug-likeness (QED) is 0.811. The van der Waals surface area contributed by atoms with Crippen LogP contribution in [0.2, 0.25) is 0 Å². The first kappa shape index (κ1) is 19.5. The molecular weight excluding hydrogens is 354 g/mol. The molecule has 0 unspecified atom stereocenters. The standard InChI is InChI=1S/C22H23N3O3/c1-28-21-14-17(6-8-20(21)26)7-9-22(27)25-12-10-24(11-13-25)16-19-4-2-18(15-23)3-5-19/h2-9,14,26H,10-13,16H2,1H3/b9-7+. The maximum absolute atomic E-state index is 12.4. The number of rotatable bonds is 5. The molecular formula is C22H23N3O3. The van der Waals surface area contributed by atoms with Gasteiger partial charge >= 0.3 is 0 Å². The number of ether oxygens (including phenoxy) is 1. The Bertz CT molecular complexity index is 892. The minimum absolute atomic E-state index is 0.0231. The second kappa shape index (κ2) is 9.07. The smallest absolute Gasteiger partial charge is 0.246 e. The summed E-state index contributed by atoms with van der Waals surface area (Å²) in [7, 11) is 1.49. The molecule has 2 aromatic rings. The van der Waals surface area contributed by atoms with Gasteiger partial charge < -0.3 is 14.7 Å². The summed E-state index contributed by atoms with van der Waals surface area (Å²) < 4.78 is 5.08. The van der Waals surface area contributed by atoms with Crippen LogP contribution in [0, 0.1) is 11.3 Å². The number of phenols is 1. The molecule has 0 spiro atoms. The molecule has 1 heterocycles. The van der Waals surface area contributed by atoms with Crippen molar-refractivity contribution in [2.45, 2.75) is 6.54 Å². The van der Waals surface area contributed by atoms with E-state index in [-0.39, 0.29) is 11.7 Å². The van der Waals surface area contributed by atoms with Crippen LogP contribution in [0.5, 0.6) is 11.5 Å². The second-order valence-corrected chi connectivity index (χ2v) is 6.67. The van der Waals surface area contributed by atoms with Crippen molar-refractivity contribution >= 4 is 12.0 Å². The molecule has 28 heavy (non-hydrogen) atoms. The number of nitriles is 1. The van der Waals surface area contributed by atoms with Crippen LogP contribution in [0.25, 0.3) is 6.08 Å². The summed E-state index contributed by atoms with van der Waals surface area (Å²) in [5.74, 6) is 0.431. The van der Waals surface area contributed by atoms with E-state index in [2.05, 4.69) is 11.0 Å². The molecule has 144 valence electrons. The van der Waals surface area contributed by atoms with Crippen LogP contribution in [-0.4, -0.2) is 54.1 Å². The minimum atomic E-state index is -0.0231. The number of amides is 1. The summed E-state index contributed by atoms with van der Waals surface area (Å²) in [4.78, 5) is 16.6. The average molecular weight is 377 g/mol. The molecule has 1 N–H and O–H groups in total. The number of benzene rings is 2. The highest BCUT2D eigenvalue weighted by Gasteiger charge is 2.19. The molecule has 6 heteroatoms. The van der Waals surface area contributed by atoms with Gasteiger partial charge in [-0.15, -0.1) is 0 Å². The summed E-state index contributed by atoms with van der Waals surface area (Å²) in [6.45, 7) is 3.80. The number of carbonyl (C=O) groups excluding carboxylic acids is 1. The Kier molecular flexibility index (Phi) is 6.30. The first-order chi connectivity index (χ1) is 13.6. The molecule has 1 aliphatic heterocycles. The zero-order valence-electron chi connectivity index (χ0n) is 15.8. The lowest BCUT2D eigenvalue weighted by molar-refractivity contribution is -0.127. The Hall–Kier alpha value is -3.30. The van der Waals surface area contributed by atoms with Gasteiger partial charge in [-0.3, -0.25) is 9.69 Å². The summed E-state index contributed by atoms with van der Waals surface area (Å²) >= 11 is 0. The van der Waals surface area contributed by atoms with Crippen molar-refractivity contribution in [3.63, 3.8) is 0 Å². The molecule has 0 bridgehead atoms. The fourth-order valence-corrected chi connectivity index (χ4v) is 3.14. The number of hydrogen-bond acceptors (Lipinski definition) is 5. The van der Waals surface area contributed by atoms with Crippen molar-refractivity contribution < 1.29 is 14.6 Å². The summed E-state index contributed by atoms with van der Waals surface area (Å²) in [5.41, 5.74) is 2.62. The number of nitrogens with zero attached hydrogens (tertiary/aromatic N) is 3. The van der Waals surface area contributed by atoms with Gasteiger partial charge in [0.05, 0.1) is 18.7 Å². The van der Waals surface area contributed by atoms with Gasteiger partial charge in [0.15, 0.2) is 11.5 Å². The predicted molar refractivity (Wildman–Crippen MR) is 107 cm³/mol. The van der Waals surface area contributed by atoms with Gasteiger partial charge in [0, 0.05) is 38.8 Å². The van der Waals surface area contributed by atoms with Gasteiger partial charge in [-0.05, 0) is 41.5 Å². The van der Waals surface area contributed by atoms with Crippen LogP contribution in [0.4, 0.5) is 0 Å². The lowest BCUT2D eigenvalue weighted by Gasteiger charge is -2.34. The van der Waals surface area contributed by atoms with Crippen LogP contribution in [0.15, 0.2) is 48.5 Å². The number of methoxy groups -OCH3 is 1. The van der Waals surface area contributed by atoms with Gasteiger partial charge in [0.2, 0.25) is 5.91 Å². The highest BCUT2D eigenvalue weighted by molar-refractivity contribution is 5.92. The topological polar surface area (TPSA) is 76.8 Å². The van der Waals surface area contributed by atoms with E-state index < -0.39 is 0 Å². The van der Waals surface area contributed by atoms with E-state index >= 15 is 0 Å². The molecule has 2 aromatic carbocycles. The van der Waals surface area contributed by atoms with Crippen molar-refractivity contribution in [2.75, 3.05) is 33.3 Å². The fourth-order valence-electron chi connectivity index (χ4n) is 3.14. The summed E-state index contributed by atoms with van der Waals surface area (Å²) in [6, 6.07) is 14.7. The fraction of sp³-hybridized carbons (Fsp3) is 0.273. The molecule has 0 atom stereocenters. The van der Waals surface area contributed by atoms with E-state index in [1.165, 1.54) is 12.7 Å². The summed E-state index contributed by atoms with van der Waals surface area (Å²) in [5, 5.41) is 18.5. The van der Waals surface area contributed by atoms with Gasteiger partial charge in [0.25, 0.3) is 0 Å². The van der Waals surface area contributed by atoms with Crippen molar-refractivity contribution in [1.29, 1.82) is 5.26 Å². The van der Waals surface area contributed by atoms with E-state index in [0.29, 0.717) is 24.4 Å². The predicted octanol–water partition coefficient (Wildman–Crippen LogP) is 2.63. The highest BCUT2D eigenvalue weighted by atomic mass is 16.5. The van der Waals surface area contributed by atoms with E-state index in [4.69, 9.17) is 10.00 Å². The molecule has 1 amide bonds. The Morgan fingerprint density at radius 2 is 1.89 bits per heavy atom. The zero-order chi connectivity index (χ0) is 19.9. The molecule has 3 rings (SSSR count). The van der Waals surface area contributed by atoms with Crippen molar-refractivity contribution in [3.8, 4) is 17.6 Å². The molecule has 0 radical (unpaired) electrons. The maximum atomic E-state index is 12.4. The Morgan fingerprint density at radius 1 is 1.18 bits per heavy atom. The van der Waals surface area contributed by atoms with Crippen LogP contribution < -0.4 is 4.74 Å². The van der Waals surface area contributed by atoms with Gasteiger partial charge in [-0.25, -0.2) is 0 Å².